The van der Waals surface area contributed by atoms with Gasteiger partial charge < -0.3 is 5.32 Å². The predicted octanol–water partition coefficient (Wildman–Crippen LogP) is 0.965. The maximum Gasteiger partial charge on any atom is 0.131 e. The van der Waals surface area contributed by atoms with Gasteiger partial charge in [0.15, 0.2) is 0 Å². The molecule has 58 valence electrons. The molecule has 1 rings (SSSR count). The van der Waals surface area contributed by atoms with Gasteiger partial charge in [0.05, 0.1) is 0 Å². The van der Waals surface area contributed by atoms with Crippen molar-refractivity contribution in [3.8, 4) is 0 Å². The minimum atomic E-state index is 0.281. The van der Waals surface area contributed by atoms with Crippen LogP contribution in [0.25, 0.3) is 0 Å². The molecule has 1 aliphatic carbocycles. The summed E-state index contributed by atoms with van der Waals surface area (Å²) < 4.78 is 0. The summed E-state index contributed by atoms with van der Waals surface area (Å²) in [5, 5.41) is 3.26. The van der Waals surface area contributed by atoms with Gasteiger partial charge in [-0.05, 0) is 32.2 Å². The third-order valence-corrected chi connectivity index (χ3v) is 1.78. The molecule has 1 fully saturated rings. The average Bonchev–Trinajstić information content (AvgIpc) is 2.62. The lowest BCUT2D eigenvalue weighted by atomic mass is 10.3. The maximum atomic E-state index is 10.5. The molecule has 0 bridgehead atoms. The van der Waals surface area contributed by atoms with E-state index in [4.69, 9.17) is 0 Å². The Hall–Kier alpha value is -0.370. The third-order valence-electron chi connectivity index (χ3n) is 1.78. The standard InChI is InChI=1S/C8H15NO/c1-7(10)4-5-9-6-8-2-3-8/h8-9H,2-6H2,1H3. The molecule has 0 saturated heterocycles. The first kappa shape index (κ1) is 7.73. The SMILES string of the molecule is CC(=O)CCNCC1CC1. The molecule has 0 radical (unpaired) electrons. The van der Waals surface area contributed by atoms with E-state index in [0.29, 0.717) is 6.42 Å². The van der Waals surface area contributed by atoms with E-state index in [1.54, 1.807) is 6.92 Å². The van der Waals surface area contributed by atoms with Crippen LogP contribution in [-0.4, -0.2) is 18.9 Å². The number of hydrogen-bond acceptors (Lipinski definition) is 2. The fourth-order valence-electron chi connectivity index (χ4n) is 0.893. The summed E-state index contributed by atoms with van der Waals surface area (Å²) in [6.07, 6.45) is 3.45. The number of carbonyl (C=O) groups excluding carboxylic acids is 1. The zero-order valence-electron chi connectivity index (χ0n) is 6.52. The zero-order valence-corrected chi connectivity index (χ0v) is 6.52. The lowest BCUT2D eigenvalue weighted by Crippen LogP contribution is -2.19. The van der Waals surface area contributed by atoms with Crippen molar-refractivity contribution in [3.63, 3.8) is 0 Å². The second-order valence-electron chi connectivity index (χ2n) is 3.10. The van der Waals surface area contributed by atoms with Gasteiger partial charge in [0.2, 0.25) is 0 Å². The summed E-state index contributed by atoms with van der Waals surface area (Å²) >= 11 is 0. The molecule has 0 unspecified atom stereocenters. The molecule has 0 aromatic heterocycles. The van der Waals surface area contributed by atoms with Gasteiger partial charge >= 0.3 is 0 Å². The summed E-state index contributed by atoms with van der Waals surface area (Å²) in [7, 11) is 0. The van der Waals surface area contributed by atoms with Crippen LogP contribution in [0.1, 0.15) is 26.2 Å². The molecule has 0 spiro atoms. The van der Waals surface area contributed by atoms with E-state index in [1.807, 2.05) is 0 Å². The first-order valence-corrected chi connectivity index (χ1v) is 3.99. The molecule has 0 aliphatic heterocycles. The predicted molar refractivity (Wildman–Crippen MR) is 40.9 cm³/mol. The van der Waals surface area contributed by atoms with E-state index in [1.165, 1.54) is 12.8 Å². The van der Waals surface area contributed by atoms with Crippen molar-refractivity contribution in [2.24, 2.45) is 5.92 Å². The highest BCUT2D eigenvalue weighted by atomic mass is 16.1. The van der Waals surface area contributed by atoms with Crippen molar-refractivity contribution in [3.05, 3.63) is 0 Å². The summed E-state index contributed by atoms with van der Waals surface area (Å²) in [6.45, 7) is 3.62. The van der Waals surface area contributed by atoms with Gasteiger partial charge in [-0.15, -0.1) is 0 Å². The lowest BCUT2D eigenvalue weighted by Gasteiger charge is -1.99. The highest BCUT2D eigenvalue weighted by molar-refractivity contribution is 5.75. The molecule has 0 aromatic carbocycles. The highest BCUT2D eigenvalue weighted by Crippen LogP contribution is 2.27. The number of rotatable bonds is 5. The van der Waals surface area contributed by atoms with E-state index < -0.39 is 0 Å². The van der Waals surface area contributed by atoms with Gasteiger partial charge in [-0.25, -0.2) is 0 Å². The average molecular weight is 141 g/mol. The van der Waals surface area contributed by atoms with Crippen molar-refractivity contribution in [2.45, 2.75) is 26.2 Å². The number of ketones is 1. The largest absolute Gasteiger partial charge is 0.316 e. The first-order chi connectivity index (χ1) is 4.79. The van der Waals surface area contributed by atoms with Crippen LogP contribution >= 0.6 is 0 Å². The zero-order chi connectivity index (χ0) is 7.40. The summed E-state index contributed by atoms with van der Waals surface area (Å²) in [4.78, 5) is 10.5. The molecule has 2 nitrogen and oxygen atoms in total. The molecule has 2 heteroatoms. The van der Waals surface area contributed by atoms with Crippen molar-refractivity contribution < 1.29 is 4.79 Å². The van der Waals surface area contributed by atoms with Crippen LogP contribution in [0.4, 0.5) is 0 Å². The fourth-order valence-corrected chi connectivity index (χ4v) is 0.893. The van der Waals surface area contributed by atoms with Crippen molar-refractivity contribution >= 4 is 5.78 Å². The van der Waals surface area contributed by atoms with Crippen molar-refractivity contribution in [2.75, 3.05) is 13.1 Å². The summed E-state index contributed by atoms with van der Waals surface area (Å²) in [5.41, 5.74) is 0. The Morgan fingerprint density at radius 1 is 1.60 bits per heavy atom. The molecular formula is C8H15NO. The highest BCUT2D eigenvalue weighted by Gasteiger charge is 2.19. The minimum absolute atomic E-state index is 0.281. The van der Waals surface area contributed by atoms with E-state index in [-0.39, 0.29) is 5.78 Å². The molecule has 0 heterocycles. The molecule has 1 aliphatic rings. The van der Waals surface area contributed by atoms with Crippen LogP contribution < -0.4 is 5.32 Å². The normalized spacial score (nSPS) is 17.3. The topological polar surface area (TPSA) is 29.1 Å². The minimum Gasteiger partial charge on any atom is -0.316 e. The van der Waals surface area contributed by atoms with Gasteiger partial charge in [-0.1, -0.05) is 0 Å². The van der Waals surface area contributed by atoms with E-state index >= 15 is 0 Å². The second kappa shape index (κ2) is 3.71. The molecular weight excluding hydrogens is 126 g/mol. The molecule has 10 heavy (non-hydrogen) atoms. The fraction of sp³-hybridized carbons (Fsp3) is 0.875. The van der Waals surface area contributed by atoms with Crippen LogP contribution in [0, 0.1) is 5.92 Å². The molecule has 0 atom stereocenters. The Kier molecular flexibility index (Phi) is 2.87. The molecule has 1 saturated carbocycles. The molecule has 0 amide bonds. The molecule has 0 aromatic rings. The summed E-state index contributed by atoms with van der Waals surface area (Å²) in [6, 6.07) is 0. The Morgan fingerprint density at radius 2 is 2.30 bits per heavy atom. The second-order valence-corrected chi connectivity index (χ2v) is 3.10. The number of carbonyl (C=O) groups is 1. The van der Waals surface area contributed by atoms with Crippen LogP contribution in [0.3, 0.4) is 0 Å². The van der Waals surface area contributed by atoms with Gasteiger partial charge in [0.25, 0.3) is 0 Å². The van der Waals surface area contributed by atoms with Crippen molar-refractivity contribution in [1.29, 1.82) is 0 Å². The van der Waals surface area contributed by atoms with Crippen LogP contribution in [-0.2, 0) is 4.79 Å². The van der Waals surface area contributed by atoms with Crippen molar-refractivity contribution in [1.82, 2.24) is 5.32 Å². The smallest absolute Gasteiger partial charge is 0.131 e. The molecule has 1 N–H and O–H groups in total. The van der Waals surface area contributed by atoms with Gasteiger partial charge in [-0.2, -0.15) is 0 Å². The Balaban J connectivity index is 1.80. The van der Waals surface area contributed by atoms with Crippen LogP contribution in [0.15, 0.2) is 0 Å². The Bertz CT molecular complexity index is 118. The number of nitrogens with one attached hydrogen (secondary N) is 1. The third kappa shape index (κ3) is 3.62. The van der Waals surface area contributed by atoms with Gasteiger partial charge in [0.1, 0.15) is 5.78 Å². The Labute approximate surface area is 62.0 Å². The van der Waals surface area contributed by atoms with E-state index in [2.05, 4.69) is 5.32 Å². The monoisotopic (exact) mass is 141 g/mol. The number of hydrogen-bond donors (Lipinski definition) is 1. The van der Waals surface area contributed by atoms with Gasteiger partial charge in [-0.3, -0.25) is 4.79 Å². The first-order valence-electron chi connectivity index (χ1n) is 3.99. The lowest BCUT2D eigenvalue weighted by molar-refractivity contribution is -0.116. The van der Waals surface area contributed by atoms with E-state index in [9.17, 15) is 4.79 Å². The summed E-state index contributed by atoms with van der Waals surface area (Å²) in [5.74, 6) is 1.20. The van der Waals surface area contributed by atoms with Gasteiger partial charge in [0, 0.05) is 13.0 Å². The number of Topliss-reactive ketones (excluding diaryl/α,β-unsaturated/α-hetero) is 1. The van der Waals surface area contributed by atoms with Crippen LogP contribution in [0.5, 0.6) is 0 Å². The maximum absolute atomic E-state index is 10.5. The Morgan fingerprint density at radius 3 is 2.80 bits per heavy atom. The quantitative estimate of drug-likeness (QED) is 0.578. The van der Waals surface area contributed by atoms with E-state index in [0.717, 1.165) is 19.0 Å². The van der Waals surface area contributed by atoms with Crippen LogP contribution in [0.2, 0.25) is 0 Å².